The first-order chi connectivity index (χ1) is 16.3. The fourth-order valence-corrected chi connectivity index (χ4v) is 4.24. The topological polar surface area (TPSA) is 89.0 Å². The zero-order chi connectivity index (χ0) is 24.4. The van der Waals surface area contributed by atoms with Gasteiger partial charge in [-0.25, -0.2) is 0 Å². The molecule has 2 aromatic carbocycles. The number of Topliss-reactive ketones (excluding diaryl/α,β-unsaturated/α-hetero) is 1. The first-order valence-corrected chi connectivity index (χ1v) is 10.8. The van der Waals surface area contributed by atoms with Gasteiger partial charge in [0.25, 0.3) is 11.7 Å². The number of benzene rings is 2. The molecule has 1 unspecified atom stereocenters. The third-order valence-corrected chi connectivity index (χ3v) is 5.99. The van der Waals surface area contributed by atoms with Gasteiger partial charge in [-0.15, -0.1) is 0 Å². The molecule has 4 rings (SSSR count). The Labute approximate surface area is 198 Å². The molecule has 1 atom stereocenters. The number of hydrogen-bond donors (Lipinski definition) is 1. The Morgan fingerprint density at radius 2 is 1.79 bits per heavy atom. The number of aliphatic hydroxyl groups is 1. The number of nitrogens with zero attached hydrogens (tertiary/aromatic N) is 2. The summed E-state index contributed by atoms with van der Waals surface area (Å²) in [4.78, 5) is 32.1. The minimum atomic E-state index is -0.820. The van der Waals surface area contributed by atoms with E-state index in [1.807, 2.05) is 38.1 Å². The number of aliphatic hydroxyl groups excluding tert-OH is 1. The number of rotatable bonds is 6. The van der Waals surface area contributed by atoms with E-state index in [2.05, 4.69) is 4.98 Å². The molecule has 1 fully saturated rings. The Hall–Kier alpha value is -4.13. The lowest BCUT2D eigenvalue weighted by Gasteiger charge is -2.26. The molecule has 1 saturated heterocycles. The minimum absolute atomic E-state index is 0.0369. The van der Waals surface area contributed by atoms with Gasteiger partial charge in [-0.2, -0.15) is 0 Å². The maximum atomic E-state index is 13.3. The zero-order valence-corrected chi connectivity index (χ0v) is 19.5. The number of methoxy groups -OCH3 is 2. The molecule has 2 heterocycles. The number of hydrogen-bond acceptors (Lipinski definition) is 6. The van der Waals surface area contributed by atoms with E-state index in [0.717, 1.165) is 16.7 Å². The van der Waals surface area contributed by atoms with Crippen LogP contribution in [-0.4, -0.2) is 40.9 Å². The van der Waals surface area contributed by atoms with Crippen LogP contribution in [0.4, 0.5) is 0 Å². The molecule has 0 saturated carbocycles. The van der Waals surface area contributed by atoms with Crippen molar-refractivity contribution in [3.05, 3.63) is 94.3 Å². The van der Waals surface area contributed by atoms with Crippen molar-refractivity contribution in [1.82, 2.24) is 9.88 Å². The summed E-state index contributed by atoms with van der Waals surface area (Å²) in [5.41, 5.74) is 3.67. The standard InChI is InChI=1S/C27H26N2O5/c1-16-7-8-17(2)20(12-16)25(30)23-24(19-9-10-21(33-3)22(13-19)34-4)29(27(32)26(23)31)15-18-6-5-11-28-14-18/h5-14,24,30H,15H2,1-4H3/b25-23+. The highest BCUT2D eigenvalue weighted by Gasteiger charge is 2.46. The molecular formula is C27H26N2O5. The van der Waals surface area contributed by atoms with E-state index >= 15 is 0 Å². The molecule has 0 bridgehead atoms. The van der Waals surface area contributed by atoms with Crippen molar-refractivity contribution < 1.29 is 24.2 Å². The van der Waals surface area contributed by atoms with Crippen LogP contribution in [-0.2, 0) is 16.1 Å². The van der Waals surface area contributed by atoms with Crippen LogP contribution in [0, 0.1) is 13.8 Å². The summed E-state index contributed by atoms with van der Waals surface area (Å²) >= 11 is 0. The molecule has 1 N–H and O–H groups in total. The van der Waals surface area contributed by atoms with Crippen molar-refractivity contribution in [2.45, 2.75) is 26.4 Å². The van der Waals surface area contributed by atoms with Crippen molar-refractivity contribution in [2.75, 3.05) is 14.2 Å². The molecule has 3 aromatic rings. The molecule has 1 aliphatic rings. The summed E-state index contributed by atoms with van der Waals surface area (Å²) in [6.07, 6.45) is 3.29. The van der Waals surface area contributed by atoms with Gasteiger partial charge in [0.2, 0.25) is 0 Å². The first-order valence-electron chi connectivity index (χ1n) is 10.8. The number of likely N-dealkylation sites (tertiary alicyclic amines) is 1. The van der Waals surface area contributed by atoms with E-state index in [-0.39, 0.29) is 17.9 Å². The fourth-order valence-electron chi connectivity index (χ4n) is 4.24. The molecular weight excluding hydrogens is 432 g/mol. The number of carbonyl (C=O) groups is 2. The number of ether oxygens (including phenoxy) is 2. The van der Waals surface area contributed by atoms with E-state index in [9.17, 15) is 14.7 Å². The number of aromatic nitrogens is 1. The summed E-state index contributed by atoms with van der Waals surface area (Å²) in [5.74, 6) is -0.644. The summed E-state index contributed by atoms with van der Waals surface area (Å²) in [6, 6.07) is 13.6. The highest BCUT2D eigenvalue weighted by atomic mass is 16.5. The van der Waals surface area contributed by atoms with Gasteiger partial charge in [0.15, 0.2) is 11.5 Å². The van der Waals surface area contributed by atoms with Crippen LogP contribution in [0.2, 0.25) is 0 Å². The van der Waals surface area contributed by atoms with Crippen molar-refractivity contribution in [1.29, 1.82) is 0 Å². The summed E-state index contributed by atoms with van der Waals surface area (Å²) in [7, 11) is 3.05. The van der Waals surface area contributed by atoms with Gasteiger partial charge in [0.05, 0.1) is 25.8 Å². The minimum Gasteiger partial charge on any atom is -0.507 e. The lowest BCUT2D eigenvalue weighted by molar-refractivity contribution is -0.140. The molecule has 7 heteroatoms. The van der Waals surface area contributed by atoms with Crippen LogP contribution in [0.1, 0.15) is 33.9 Å². The highest BCUT2D eigenvalue weighted by Crippen LogP contribution is 2.43. The Balaban J connectivity index is 1.93. The van der Waals surface area contributed by atoms with Crippen LogP contribution < -0.4 is 9.47 Å². The predicted octanol–water partition coefficient (Wildman–Crippen LogP) is 4.34. The molecule has 34 heavy (non-hydrogen) atoms. The number of aryl methyl sites for hydroxylation is 2. The van der Waals surface area contributed by atoms with Gasteiger partial charge in [0.1, 0.15) is 5.76 Å². The van der Waals surface area contributed by atoms with Gasteiger partial charge in [-0.05, 0) is 54.8 Å². The summed E-state index contributed by atoms with van der Waals surface area (Å²) in [5, 5.41) is 11.4. The zero-order valence-electron chi connectivity index (χ0n) is 19.5. The van der Waals surface area contributed by atoms with Gasteiger partial charge in [0, 0.05) is 24.5 Å². The lowest BCUT2D eigenvalue weighted by atomic mass is 9.93. The van der Waals surface area contributed by atoms with E-state index in [1.54, 1.807) is 36.7 Å². The van der Waals surface area contributed by atoms with Gasteiger partial charge < -0.3 is 19.5 Å². The Bertz CT molecular complexity index is 1280. The van der Waals surface area contributed by atoms with Crippen LogP contribution in [0.25, 0.3) is 5.76 Å². The van der Waals surface area contributed by atoms with Crippen LogP contribution in [0.5, 0.6) is 11.5 Å². The predicted molar refractivity (Wildman–Crippen MR) is 128 cm³/mol. The third kappa shape index (κ3) is 4.12. The molecule has 174 valence electrons. The van der Waals surface area contributed by atoms with Crippen molar-refractivity contribution in [2.24, 2.45) is 0 Å². The van der Waals surface area contributed by atoms with Crippen LogP contribution >= 0.6 is 0 Å². The number of ketones is 1. The summed E-state index contributed by atoms with van der Waals surface area (Å²) < 4.78 is 10.8. The largest absolute Gasteiger partial charge is 0.507 e. The van der Waals surface area contributed by atoms with Gasteiger partial charge in [-0.3, -0.25) is 14.6 Å². The van der Waals surface area contributed by atoms with E-state index in [4.69, 9.17) is 9.47 Å². The second kappa shape index (κ2) is 9.39. The smallest absolute Gasteiger partial charge is 0.295 e. The summed E-state index contributed by atoms with van der Waals surface area (Å²) in [6.45, 7) is 3.91. The van der Waals surface area contributed by atoms with Crippen LogP contribution in [0.15, 0.2) is 66.5 Å². The third-order valence-electron chi connectivity index (χ3n) is 5.99. The maximum absolute atomic E-state index is 13.3. The molecule has 0 spiro atoms. The molecule has 0 aliphatic carbocycles. The van der Waals surface area contributed by atoms with E-state index in [1.165, 1.54) is 19.1 Å². The average molecular weight is 459 g/mol. The molecule has 1 amide bonds. The number of carbonyl (C=O) groups excluding carboxylic acids is 2. The van der Waals surface area contributed by atoms with Gasteiger partial charge >= 0.3 is 0 Å². The lowest BCUT2D eigenvalue weighted by Crippen LogP contribution is -2.29. The van der Waals surface area contributed by atoms with E-state index in [0.29, 0.717) is 22.6 Å². The SMILES string of the molecule is COc1ccc(C2/C(=C(\O)c3cc(C)ccc3C)C(=O)C(=O)N2Cc2cccnc2)cc1OC. The number of amides is 1. The Morgan fingerprint density at radius 3 is 2.47 bits per heavy atom. The molecule has 0 radical (unpaired) electrons. The van der Waals surface area contributed by atoms with Crippen molar-refractivity contribution in [3.8, 4) is 11.5 Å². The average Bonchev–Trinajstić information content (AvgIpc) is 3.10. The maximum Gasteiger partial charge on any atom is 0.295 e. The van der Waals surface area contributed by atoms with Crippen molar-refractivity contribution in [3.63, 3.8) is 0 Å². The van der Waals surface area contributed by atoms with E-state index < -0.39 is 17.7 Å². The van der Waals surface area contributed by atoms with Crippen molar-refractivity contribution >= 4 is 17.4 Å². The monoisotopic (exact) mass is 458 g/mol. The second-order valence-corrected chi connectivity index (χ2v) is 8.22. The van der Waals surface area contributed by atoms with Crippen LogP contribution in [0.3, 0.4) is 0 Å². The molecule has 1 aromatic heterocycles. The fraction of sp³-hybridized carbons (Fsp3) is 0.222. The quantitative estimate of drug-likeness (QED) is 0.336. The number of pyridine rings is 1. The molecule has 7 nitrogen and oxygen atoms in total. The second-order valence-electron chi connectivity index (χ2n) is 8.22. The normalized spacial score (nSPS) is 17.2. The Morgan fingerprint density at radius 1 is 1.03 bits per heavy atom. The van der Waals surface area contributed by atoms with Gasteiger partial charge in [-0.1, -0.05) is 29.8 Å². The first kappa shape index (κ1) is 23.0. The molecule has 1 aliphatic heterocycles. The Kier molecular flexibility index (Phi) is 6.36. The highest BCUT2D eigenvalue weighted by molar-refractivity contribution is 6.46.